The minimum absolute atomic E-state index is 0.209. The molecule has 0 bridgehead atoms. The molecule has 3 nitrogen and oxygen atoms in total. The van der Waals surface area contributed by atoms with E-state index in [4.69, 9.17) is 13.9 Å². The smallest absolute Gasteiger partial charge is 0.138 e. The average molecular weight is 168 g/mol. The van der Waals surface area contributed by atoms with Crippen molar-refractivity contribution in [2.45, 2.75) is 19.6 Å². The Kier molecular flexibility index (Phi) is 2.15. The van der Waals surface area contributed by atoms with Crippen molar-refractivity contribution < 1.29 is 13.9 Å². The molecule has 1 saturated heterocycles. The summed E-state index contributed by atoms with van der Waals surface area (Å²) in [6.45, 7) is 4.04. The second-order valence-electron chi connectivity index (χ2n) is 2.76. The summed E-state index contributed by atoms with van der Waals surface area (Å²) in [4.78, 5) is 0. The second kappa shape index (κ2) is 3.29. The predicted molar refractivity (Wildman–Crippen MR) is 42.7 cm³/mol. The van der Waals surface area contributed by atoms with Gasteiger partial charge in [0.2, 0.25) is 0 Å². The van der Waals surface area contributed by atoms with Gasteiger partial charge in [0.25, 0.3) is 0 Å². The van der Waals surface area contributed by atoms with Crippen LogP contribution >= 0.6 is 0 Å². The van der Waals surface area contributed by atoms with E-state index in [0.29, 0.717) is 6.61 Å². The van der Waals surface area contributed by atoms with Crippen LogP contribution < -0.4 is 0 Å². The highest BCUT2D eigenvalue weighted by atomic mass is 16.6. The van der Waals surface area contributed by atoms with Crippen LogP contribution in [0.3, 0.4) is 0 Å². The van der Waals surface area contributed by atoms with E-state index in [1.165, 1.54) is 0 Å². The van der Waals surface area contributed by atoms with Gasteiger partial charge in [-0.3, -0.25) is 0 Å². The maximum Gasteiger partial charge on any atom is 0.138 e. The molecule has 3 heteroatoms. The molecule has 0 amide bonds. The first kappa shape index (κ1) is 7.83. The molecule has 0 aromatic carbocycles. The first-order chi connectivity index (χ1) is 5.90. The maximum absolute atomic E-state index is 5.46. The lowest BCUT2D eigenvalue weighted by Gasteiger charge is -1.95. The van der Waals surface area contributed by atoms with Crippen LogP contribution in [0.2, 0.25) is 0 Å². The monoisotopic (exact) mass is 168 g/mol. The van der Waals surface area contributed by atoms with Crippen LogP contribution in [0.5, 0.6) is 0 Å². The SMILES string of the molecule is CCOCc1ccc(C2CO2)o1. The van der Waals surface area contributed by atoms with E-state index in [-0.39, 0.29) is 6.10 Å². The van der Waals surface area contributed by atoms with E-state index in [1.54, 1.807) is 0 Å². The molecule has 12 heavy (non-hydrogen) atoms. The standard InChI is InChI=1S/C9H12O3/c1-2-10-5-7-3-4-8(12-7)9-6-11-9/h3-4,9H,2,5-6H2,1H3. The van der Waals surface area contributed by atoms with Crippen LogP contribution in [-0.4, -0.2) is 13.2 Å². The van der Waals surface area contributed by atoms with Crippen molar-refractivity contribution in [2.75, 3.05) is 13.2 Å². The van der Waals surface area contributed by atoms with E-state index in [1.807, 2.05) is 19.1 Å². The second-order valence-corrected chi connectivity index (χ2v) is 2.76. The number of epoxide rings is 1. The van der Waals surface area contributed by atoms with Crippen molar-refractivity contribution in [1.29, 1.82) is 0 Å². The summed E-state index contributed by atoms with van der Waals surface area (Å²) in [5.74, 6) is 1.80. The summed E-state index contributed by atoms with van der Waals surface area (Å²) >= 11 is 0. The zero-order valence-electron chi connectivity index (χ0n) is 7.08. The molecular weight excluding hydrogens is 156 g/mol. The highest BCUT2D eigenvalue weighted by Crippen LogP contribution is 2.30. The Morgan fingerprint density at radius 2 is 2.42 bits per heavy atom. The molecule has 1 unspecified atom stereocenters. The first-order valence-electron chi connectivity index (χ1n) is 4.18. The van der Waals surface area contributed by atoms with Gasteiger partial charge in [0.1, 0.15) is 24.2 Å². The van der Waals surface area contributed by atoms with Gasteiger partial charge in [0, 0.05) is 6.61 Å². The molecule has 66 valence electrons. The minimum atomic E-state index is 0.209. The molecule has 2 rings (SSSR count). The Balaban J connectivity index is 1.93. The fourth-order valence-corrected chi connectivity index (χ4v) is 1.06. The van der Waals surface area contributed by atoms with Crippen molar-refractivity contribution in [3.05, 3.63) is 23.7 Å². The third-order valence-corrected chi connectivity index (χ3v) is 1.78. The molecule has 0 N–H and O–H groups in total. The summed E-state index contributed by atoms with van der Waals surface area (Å²) in [5, 5.41) is 0. The Morgan fingerprint density at radius 1 is 1.58 bits per heavy atom. The fraction of sp³-hybridized carbons (Fsp3) is 0.556. The van der Waals surface area contributed by atoms with Gasteiger partial charge >= 0.3 is 0 Å². The molecule has 1 aromatic heterocycles. The molecule has 0 aliphatic carbocycles. The number of hydrogen-bond donors (Lipinski definition) is 0. The number of rotatable bonds is 4. The van der Waals surface area contributed by atoms with Crippen LogP contribution in [0.15, 0.2) is 16.5 Å². The highest BCUT2D eigenvalue weighted by Gasteiger charge is 2.28. The van der Waals surface area contributed by atoms with E-state index >= 15 is 0 Å². The minimum Gasteiger partial charge on any atom is -0.461 e. The van der Waals surface area contributed by atoms with Crippen molar-refractivity contribution in [3.8, 4) is 0 Å². The molecule has 1 atom stereocenters. The zero-order valence-corrected chi connectivity index (χ0v) is 7.08. The summed E-state index contributed by atoms with van der Waals surface area (Å²) in [7, 11) is 0. The summed E-state index contributed by atoms with van der Waals surface area (Å²) < 4.78 is 15.7. The van der Waals surface area contributed by atoms with Gasteiger partial charge in [-0.05, 0) is 19.1 Å². The molecule has 1 fully saturated rings. The Bertz CT molecular complexity index is 250. The lowest BCUT2D eigenvalue weighted by molar-refractivity contribution is 0.116. The first-order valence-corrected chi connectivity index (χ1v) is 4.18. The van der Waals surface area contributed by atoms with Crippen molar-refractivity contribution in [3.63, 3.8) is 0 Å². The Labute approximate surface area is 71.3 Å². The number of furan rings is 1. The Morgan fingerprint density at radius 3 is 3.08 bits per heavy atom. The third kappa shape index (κ3) is 1.68. The number of hydrogen-bond acceptors (Lipinski definition) is 3. The fourth-order valence-electron chi connectivity index (χ4n) is 1.06. The van der Waals surface area contributed by atoms with Crippen LogP contribution in [0.25, 0.3) is 0 Å². The summed E-state index contributed by atoms with van der Waals surface area (Å²) in [5.41, 5.74) is 0. The molecule has 1 aliphatic heterocycles. The zero-order chi connectivity index (χ0) is 8.39. The topological polar surface area (TPSA) is 34.9 Å². The van der Waals surface area contributed by atoms with Gasteiger partial charge in [-0.25, -0.2) is 0 Å². The quantitative estimate of drug-likeness (QED) is 0.644. The molecule has 0 spiro atoms. The van der Waals surface area contributed by atoms with Crippen LogP contribution in [0.4, 0.5) is 0 Å². The number of ether oxygens (including phenoxy) is 2. The molecule has 1 aliphatic rings. The van der Waals surface area contributed by atoms with Gasteiger partial charge in [-0.15, -0.1) is 0 Å². The largest absolute Gasteiger partial charge is 0.461 e. The van der Waals surface area contributed by atoms with Gasteiger partial charge in [0.05, 0.1) is 6.61 Å². The molecule has 1 aromatic rings. The van der Waals surface area contributed by atoms with E-state index in [9.17, 15) is 0 Å². The summed E-state index contributed by atoms with van der Waals surface area (Å²) in [6, 6.07) is 3.89. The molecular formula is C9H12O3. The van der Waals surface area contributed by atoms with Crippen LogP contribution in [0.1, 0.15) is 24.5 Å². The molecule has 2 heterocycles. The average Bonchev–Trinajstić information content (AvgIpc) is 2.83. The van der Waals surface area contributed by atoms with Gasteiger partial charge in [-0.2, -0.15) is 0 Å². The highest BCUT2D eigenvalue weighted by molar-refractivity contribution is 5.11. The van der Waals surface area contributed by atoms with E-state index < -0.39 is 0 Å². The maximum atomic E-state index is 5.46. The van der Waals surface area contributed by atoms with Crippen molar-refractivity contribution >= 4 is 0 Å². The predicted octanol–water partition coefficient (Wildman–Crippen LogP) is 1.89. The van der Waals surface area contributed by atoms with Crippen molar-refractivity contribution in [1.82, 2.24) is 0 Å². The van der Waals surface area contributed by atoms with Gasteiger partial charge in [-0.1, -0.05) is 0 Å². The van der Waals surface area contributed by atoms with Gasteiger partial charge in [0.15, 0.2) is 0 Å². The van der Waals surface area contributed by atoms with Crippen LogP contribution in [0, 0.1) is 0 Å². The Hall–Kier alpha value is -0.800. The third-order valence-electron chi connectivity index (χ3n) is 1.78. The molecule has 0 radical (unpaired) electrons. The lowest BCUT2D eigenvalue weighted by Crippen LogP contribution is -1.88. The lowest BCUT2D eigenvalue weighted by atomic mass is 10.3. The normalized spacial score (nSPS) is 21.2. The van der Waals surface area contributed by atoms with E-state index in [2.05, 4.69) is 0 Å². The van der Waals surface area contributed by atoms with E-state index in [0.717, 1.165) is 24.7 Å². The summed E-state index contributed by atoms with van der Waals surface area (Å²) in [6.07, 6.45) is 0.209. The van der Waals surface area contributed by atoms with Crippen molar-refractivity contribution in [2.24, 2.45) is 0 Å². The molecule has 0 saturated carbocycles. The van der Waals surface area contributed by atoms with Gasteiger partial charge < -0.3 is 13.9 Å². The van der Waals surface area contributed by atoms with Crippen LogP contribution in [-0.2, 0) is 16.1 Å².